The first-order chi connectivity index (χ1) is 12.1. The van der Waals surface area contributed by atoms with Crippen LogP contribution in [0.4, 0.5) is 0 Å². The van der Waals surface area contributed by atoms with E-state index in [0.29, 0.717) is 17.9 Å². The van der Waals surface area contributed by atoms with Crippen LogP contribution in [0, 0.1) is 12.3 Å². The second-order valence-corrected chi connectivity index (χ2v) is 5.67. The quantitative estimate of drug-likeness (QED) is 0.730. The van der Waals surface area contributed by atoms with E-state index in [2.05, 4.69) is 16.2 Å². The fourth-order valence-electron chi connectivity index (χ4n) is 2.77. The molecule has 1 amide bonds. The molecule has 0 aliphatic rings. The number of terminal acetylenes is 1. The molecular formula is C20H19N3O2. The summed E-state index contributed by atoms with van der Waals surface area (Å²) in [4.78, 5) is 17.1. The van der Waals surface area contributed by atoms with Gasteiger partial charge >= 0.3 is 0 Å². The molecule has 0 radical (unpaired) electrons. The van der Waals surface area contributed by atoms with Crippen molar-refractivity contribution in [1.29, 1.82) is 0 Å². The molecule has 0 spiro atoms. The van der Waals surface area contributed by atoms with Crippen molar-refractivity contribution >= 4 is 16.9 Å². The monoisotopic (exact) mass is 333 g/mol. The van der Waals surface area contributed by atoms with Crippen molar-refractivity contribution in [2.75, 3.05) is 7.11 Å². The summed E-state index contributed by atoms with van der Waals surface area (Å²) in [7, 11) is 1.59. The van der Waals surface area contributed by atoms with Gasteiger partial charge < -0.3 is 14.6 Å². The van der Waals surface area contributed by atoms with Gasteiger partial charge in [-0.2, -0.15) is 0 Å². The molecule has 126 valence electrons. The Bertz CT molecular complexity index is 936. The number of fused-ring (bicyclic) bond motifs is 1. The Kier molecular flexibility index (Phi) is 4.71. The molecule has 0 aliphatic heterocycles. The minimum atomic E-state index is -0.282. The van der Waals surface area contributed by atoms with Crippen molar-refractivity contribution in [1.82, 2.24) is 14.9 Å². The molecule has 1 aromatic heterocycles. The van der Waals surface area contributed by atoms with Gasteiger partial charge in [0.2, 0.25) is 0 Å². The number of para-hydroxylation sites is 2. The van der Waals surface area contributed by atoms with Crippen LogP contribution < -0.4 is 10.1 Å². The van der Waals surface area contributed by atoms with Crippen LogP contribution >= 0.6 is 0 Å². The van der Waals surface area contributed by atoms with Gasteiger partial charge in [0.1, 0.15) is 11.6 Å². The number of carbonyl (C=O) groups is 1. The molecule has 3 rings (SSSR count). The highest BCUT2D eigenvalue weighted by molar-refractivity contribution is 5.94. The van der Waals surface area contributed by atoms with Gasteiger partial charge in [0, 0.05) is 5.56 Å². The highest BCUT2D eigenvalue weighted by atomic mass is 16.5. The van der Waals surface area contributed by atoms with E-state index in [-0.39, 0.29) is 11.9 Å². The van der Waals surface area contributed by atoms with Gasteiger partial charge in [0.15, 0.2) is 0 Å². The molecule has 1 N–H and O–H groups in total. The molecule has 5 heteroatoms. The lowest BCUT2D eigenvalue weighted by Gasteiger charge is -2.15. The number of benzene rings is 2. The summed E-state index contributed by atoms with van der Waals surface area (Å²) in [6.45, 7) is 2.30. The second-order valence-electron chi connectivity index (χ2n) is 5.67. The smallest absolute Gasteiger partial charge is 0.251 e. The van der Waals surface area contributed by atoms with Crippen molar-refractivity contribution in [2.24, 2.45) is 0 Å². The summed E-state index contributed by atoms with van der Waals surface area (Å²) in [6, 6.07) is 14.5. The number of nitrogens with zero attached hydrogens (tertiary/aromatic N) is 2. The van der Waals surface area contributed by atoms with Crippen molar-refractivity contribution in [3.8, 4) is 18.1 Å². The summed E-state index contributed by atoms with van der Waals surface area (Å²) in [6.07, 6.45) is 5.50. The third-order valence-corrected chi connectivity index (χ3v) is 4.02. The molecule has 0 bridgehead atoms. The number of methoxy groups -OCH3 is 1. The maximum atomic E-state index is 12.5. The highest BCUT2D eigenvalue weighted by Crippen LogP contribution is 2.21. The average Bonchev–Trinajstić information content (AvgIpc) is 3.01. The minimum Gasteiger partial charge on any atom is -0.497 e. The van der Waals surface area contributed by atoms with Gasteiger partial charge in [-0.15, -0.1) is 6.42 Å². The summed E-state index contributed by atoms with van der Waals surface area (Å²) in [5.74, 6) is 3.93. The standard InChI is InChI=1S/C20H19N3O2/c1-4-13-23-18-8-6-5-7-17(18)22-19(23)14(2)21-20(24)15-9-11-16(25-3)12-10-15/h1,5-12,14H,13H2,2-3H3,(H,21,24). The van der Waals surface area contributed by atoms with E-state index in [1.807, 2.05) is 35.8 Å². The molecule has 1 heterocycles. The van der Waals surface area contributed by atoms with E-state index in [9.17, 15) is 4.79 Å². The Morgan fingerprint density at radius 2 is 2.00 bits per heavy atom. The van der Waals surface area contributed by atoms with Gasteiger partial charge in [0.05, 0.1) is 30.7 Å². The van der Waals surface area contributed by atoms with Crippen LogP contribution in [0.25, 0.3) is 11.0 Å². The molecular weight excluding hydrogens is 314 g/mol. The molecule has 3 aromatic rings. The number of imidazole rings is 1. The number of rotatable bonds is 5. The number of aromatic nitrogens is 2. The Labute approximate surface area is 146 Å². The maximum absolute atomic E-state index is 12.5. The Balaban J connectivity index is 1.86. The first kappa shape index (κ1) is 16.6. The summed E-state index contributed by atoms with van der Waals surface area (Å²) < 4.78 is 7.06. The van der Waals surface area contributed by atoms with Crippen molar-refractivity contribution in [3.63, 3.8) is 0 Å². The first-order valence-electron chi connectivity index (χ1n) is 7.97. The number of nitrogens with one attached hydrogen (secondary N) is 1. The predicted molar refractivity (Wildman–Crippen MR) is 97.4 cm³/mol. The zero-order valence-corrected chi connectivity index (χ0v) is 14.2. The molecule has 2 aromatic carbocycles. The molecule has 0 fully saturated rings. The van der Waals surface area contributed by atoms with E-state index in [4.69, 9.17) is 11.2 Å². The Morgan fingerprint density at radius 3 is 2.68 bits per heavy atom. The van der Waals surface area contributed by atoms with Crippen LogP contribution in [0.1, 0.15) is 29.1 Å². The second kappa shape index (κ2) is 7.10. The zero-order chi connectivity index (χ0) is 17.8. The Hall–Kier alpha value is -3.26. The van der Waals surface area contributed by atoms with Gasteiger partial charge in [-0.3, -0.25) is 4.79 Å². The van der Waals surface area contributed by atoms with Crippen molar-refractivity contribution < 1.29 is 9.53 Å². The van der Waals surface area contributed by atoms with E-state index in [0.717, 1.165) is 16.9 Å². The fourth-order valence-corrected chi connectivity index (χ4v) is 2.77. The Morgan fingerprint density at radius 1 is 1.28 bits per heavy atom. The number of hydrogen-bond acceptors (Lipinski definition) is 3. The normalized spacial score (nSPS) is 11.7. The minimum absolute atomic E-state index is 0.172. The molecule has 0 saturated carbocycles. The van der Waals surface area contributed by atoms with Crippen LogP contribution in [0.5, 0.6) is 5.75 Å². The SMILES string of the molecule is C#CCn1c(C(C)NC(=O)c2ccc(OC)cc2)nc2ccccc21. The summed E-state index contributed by atoms with van der Waals surface area (Å²) in [5, 5.41) is 2.98. The lowest BCUT2D eigenvalue weighted by molar-refractivity contribution is 0.0938. The van der Waals surface area contributed by atoms with E-state index in [1.165, 1.54) is 0 Å². The fraction of sp³-hybridized carbons (Fsp3) is 0.200. The first-order valence-corrected chi connectivity index (χ1v) is 7.97. The third kappa shape index (κ3) is 3.33. The molecule has 1 atom stereocenters. The van der Waals surface area contributed by atoms with Crippen molar-refractivity contribution in [2.45, 2.75) is 19.5 Å². The number of carbonyl (C=O) groups excluding carboxylic acids is 1. The lowest BCUT2D eigenvalue weighted by Crippen LogP contribution is -2.28. The van der Waals surface area contributed by atoms with E-state index in [1.54, 1.807) is 31.4 Å². The number of amides is 1. The predicted octanol–water partition coefficient (Wildman–Crippen LogP) is 3.17. The van der Waals surface area contributed by atoms with Gasteiger partial charge in [0.25, 0.3) is 5.91 Å². The van der Waals surface area contributed by atoms with E-state index < -0.39 is 0 Å². The summed E-state index contributed by atoms with van der Waals surface area (Å²) >= 11 is 0. The molecule has 5 nitrogen and oxygen atoms in total. The van der Waals surface area contributed by atoms with Crippen LogP contribution in [0.2, 0.25) is 0 Å². The molecule has 25 heavy (non-hydrogen) atoms. The van der Waals surface area contributed by atoms with Gasteiger partial charge in [-0.25, -0.2) is 4.98 Å². The topological polar surface area (TPSA) is 56.2 Å². The lowest BCUT2D eigenvalue weighted by atomic mass is 10.2. The largest absolute Gasteiger partial charge is 0.497 e. The highest BCUT2D eigenvalue weighted by Gasteiger charge is 2.18. The van der Waals surface area contributed by atoms with Crippen molar-refractivity contribution in [3.05, 3.63) is 59.9 Å². The molecule has 0 saturated heterocycles. The van der Waals surface area contributed by atoms with Crippen LogP contribution in [-0.2, 0) is 6.54 Å². The van der Waals surface area contributed by atoms with Crippen LogP contribution in [0.3, 0.4) is 0 Å². The summed E-state index contributed by atoms with van der Waals surface area (Å²) in [5.41, 5.74) is 2.38. The molecule has 0 aliphatic carbocycles. The van der Waals surface area contributed by atoms with Crippen LogP contribution in [0.15, 0.2) is 48.5 Å². The van der Waals surface area contributed by atoms with Gasteiger partial charge in [-0.05, 0) is 43.3 Å². The maximum Gasteiger partial charge on any atom is 0.251 e. The average molecular weight is 333 g/mol. The zero-order valence-electron chi connectivity index (χ0n) is 14.2. The van der Waals surface area contributed by atoms with E-state index >= 15 is 0 Å². The third-order valence-electron chi connectivity index (χ3n) is 4.02. The molecule has 1 unspecified atom stereocenters. The number of hydrogen-bond donors (Lipinski definition) is 1. The number of ether oxygens (including phenoxy) is 1. The van der Waals surface area contributed by atoms with Crippen LogP contribution in [-0.4, -0.2) is 22.6 Å². The van der Waals surface area contributed by atoms with Gasteiger partial charge in [-0.1, -0.05) is 18.1 Å².